The number of rotatable bonds is 3. The average Bonchev–Trinajstić information content (AvgIpc) is 2.33. The van der Waals surface area contributed by atoms with E-state index < -0.39 is 11.6 Å². The molecule has 0 aliphatic carbocycles. The van der Waals surface area contributed by atoms with Crippen LogP contribution in [0.2, 0.25) is 0 Å². The first-order chi connectivity index (χ1) is 8.84. The monoisotopic (exact) mass is 264 g/mol. The van der Waals surface area contributed by atoms with Crippen LogP contribution in [-0.4, -0.2) is 11.5 Å². The van der Waals surface area contributed by atoms with Gasteiger partial charge in [0.05, 0.1) is 0 Å². The number of aryl methyl sites for hydroxylation is 1. The highest BCUT2D eigenvalue weighted by atomic mass is 19.1. The molecule has 19 heavy (non-hydrogen) atoms. The predicted octanol–water partition coefficient (Wildman–Crippen LogP) is 3.35. The summed E-state index contributed by atoms with van der Waals surface area (Å²) in [5.74, 6) is -0.932. The van der Waals surface area contributed by atoms with Gasteiger partial charge in [0.15, 0.2) is 0 Å². The van der Waals surface area contributed by atoms with Crippen molar-refractivity contribution in [2.75, 3.05) is 6.54 Å². The molecule has 0 unspecified atom stereocenters. The van der Waals surface area contributed by atoms with Crippen LogP contribution in [0, 0.1) is 24.0 Å². The Morgan fingerprint density at radius 1 is 1.21 bits per heavy atom. The molecular weight excluding hydrogens is 246 g/mol. The number of halogens is 2. The third kappa shape index (κ3) is 2.73. The highest BCUT2D eigenvalue weighted by Gasteiger charge is 2.19. The Bertz CT molecular complexity index is 621. The van der Waals surface area contributed by atoms with E-state index in [4.69, 9.17) is 5.73 Å². The van der Waals surface area contributed by atoms with E-state index in [1.165, 1.54) is 0 Å². The van der Waals surface area contributed by atoms with Crippen molar-refractivity contribution in [2.45, 2.75) is 27.2 Å². The number of nitrogens with two attached hydrogens (primary N) is 1. The van der Waals surface area contributed by atoms with Gasteiger partial charge in [-0.25, -0.2) is 13.8 Å². The van der Waals surface area contributed by atoms with Crippen LogP contribution in [0.5, 0.6) is 0 Å². The van der Waals surface area contributed by atoms with Crippen LogP contribution >= 0.6 is 0 Å². The number of nitrogens with zero attached hydrogens (tertiary/aromatic N) is 1. The molecular formula is C15H18F2N2. The van der Waals surface area contributed by atoms with Crippen molar-refractivity contribution in [3.8, 4) is 0 Å². The molecule has 0 bridgehead atoms. The van der Waals surface area contributed by atoms with Gasteiger partial charge in [0, 0.05) is 11.1 Å². The summed E-state index contributed by atoms with van der Waals surface area (Å²) in [6.07, 6.45) is 0.635. The number of pyridine rings is 1. The number of hydrogen-bond donors (Lipinski definition) is 1. The highest BCUT2D eigenvalue weighted by Crippen LogP contribution is 2.26. The molecule has 4 heteroatoms. The second kappa shape index (κ2) is 4.85. The molecule has 102 valence electrons. The molecule has 1 aromatic carbocycles. The molecule has 0 saturated carbocycles. The number of hydrogen-bond acceptors (Lipinski definition) is 2. The largest absolute Gasteiger partial charge is 0.330 e. The Labute approximate surface area is 111 Å². The Hall–Kier alpha value is -1.55. The zero-order chi connectivity index (χ0) is 14.2. The summed E-state index contributed by atoms with van der Waals surface area (Å²) < 4.78 is 27.5. The van der Waals surface area contributed by atoms with E-state index >= 15 is 0 Å². The summed E-state index contributed by atoms with van der Waals surface area (Å²) in [5, 5.41) is 0.259. The summed E-state index contributed by atoms with van der Waals surface area (Å²) in [6.45, 7) is 6.33. The zero-order valence-corrected chi connectivity index (χ0v) is 11.4. The Morgan fingerprint density at radius 3 is 2.47 bits per heavy atom. The lowest BCUT2D eigenvalue weighted by atomic mass is 9.87. The molecule has 0 radical (unpaired) electrons. The van der Waals surface area contributed by atoms with Gasteiger partial charge in [-0.2, -0.15) is 0 Å². The lowest BCUT2D eigenvalue weighted by Gasteiger charge is -2.22. The summed E-state index contributed by atoms with van der Waals surface area (Å²) in [7, 11) is 0. The fourth-order valence-electron chi connectivity index (χ4n) is 2.18. The van der Waals surface area contributed by atoms with E-state index in [2.05, 4.69) is 4.98 Å². The topological polar surface area (TPSA) is 38.9 Å². The van der Waals surface area contributed by atoms with Gasteiger partial charge in [-0.15, -0.1) is 0 Å². The Balaban J connectivity index is 2.59. The maximum absolute atomic E-state index is 13.8. The summed E-state index contributed by atoms with van der Waals surface area (Å²) >= 11 is 0. The van der Waals surface area contributed by atoms with E-state index in [0.717, 1.165) is 17.8 Å². The Kier molecular flexibility index (Phi) is 3.54. The van der Waals surface area contributed by atoms with Crippen LogP contribution in [-0.2, 0) is 6.42 Å². The average molecular weight is 264 g/mol. The lowest BCUT2D eigenvalue weighted by molar-refractivity contribution is 0.373. The van der Waals surface area contributed by atoms with Gasteiger partial charge in [-0.3, -0.25) is 0 Å². The minimum absolute atomic E-state index is 0.0998. The van der Waals surface area contributed by atoms with Gasteiger partial charge in [0.25, 0.3) is 0 Å². The maximum atomic E-state index is 13.8. The van der Waals surface area contributed by atoms with Crippen molar-refractivity contribution in [3.05, 3.63) is 41.1 Å². The van der Waals surface area contributed by atoms with Crippen molar-refractivity contribution < 1.29 is 8.78 Å². The first-order valence-electron chi connectivity index (χ1n) is 6.28. The molecule has 0 aliphatic rings. The summed E-state index contributed by atoms with van der Waals surface area (Å²) in [4.78, 5) is 4.26. The van der Waals surface area contributed by atoms with Crippen molar-refractivity contribution in [1.29, 1.82) is 0 Å². The van der Waals surface area contributed by atoms with Crippen molar-refractivity contribution in [2.24, 2.45) is 11.1 Å². The normalized spacial score (nSPS) is 12.1. The molecule has 2 aromatic rings. The van der Waals surface area contributed by atoms with Crippen LogP contribution < -0.4 is 5.73 Å². The molecule has 1 heterocycles. The highest BCUT2D eigenvalue weighted by molar-refractivity contribution is 5.83. The van der Waals surface area contributed by atoms with Crippen molar-refractivity contribution in [1.82, 2.24) is 4.98 Å². The van der Waals surface area contributed by atoms with Crippen molar-refractivity contribution in [3.63, 3.8) is 0 Å². The van der Waals surface area contributed by atoms with Gasteiger partial charge in [0.2, 0.25) is 0 Å². The Morgan fingerprint density at radius 2 is 1.84 bits per heavy atom. The van der Waals surface area contributed by atoms with Gasteiger partial charge in [-0.1, -0.05) is 13.8 Å². The van der Waals surface area contributed by atoms with Gasteiger partial charge in [-0.05, 0) is 49.1 Å². The summed E-state index contributed by atoms with van der Waals surface area (Å²) in [6, 6.07) is 4.06. The first-order valence-corrected chi connectivity index (χ1v) is 6.28. The number of benzene rings is 1. The van der Waals surface area contributed by atoms with Crippen LogP contribution in [0.1, 0.15) is 25.1 Å². The van der Waals surface area contributed by atoms with Gasteiger partial charge < -0.3 is 5.73 Å². The standard InChI is InChI=1S/C15H18F2N2/c1-9-6-10(7-15(2,3)8-18)19-14-12(17)5-4-11(16)13(9)14/h4-6H,7-8,18H2,1-3H3. The third-order valence-corrected chi connectivity index (χ3v) is 3.32. The maximum Gasteiger partial charge on any atom is 0.149 e. The van der Waals surface area contributed by atoms with Gasteiger partial charge >= 0.3 is 0 Å². The van der Waals surface area contributed by atoms with E-state index in [1.54, 1.807) is 6.92 Å². The molecule has 2 rings (SSSR count). The fraction of sp³-hybridized carbons (Fsp3) is 0.400. The molecule has 2 N–H and O–H groups in total. The van der Waals surface area contributed by atoms with E-state index in [0.29, 0.717) is 18.5 Å². The molecule has 2 nitrogen and oxygen atoms in total. The van der Waals surface area contributed by atoms with Crippen LogP contribution in [0.4, 0.5) is 8.78 Å². The minimum atomic E-state index is -0.494. The zero-order valence-electron chi connectivity index (χ0n) is 11.4. The number of fused-ring (bicyclic) bond motifs is 1. The SMILES string of the molecule is Cc1cc(CC(C)(C)CN)nc2c(F)ccc(F)c12. The molecule has 0 aliphatic heterocycles. The smallest absolute Gasteiger partial charge is 0.149 e. The molecule has 1 aromatic heterocycles. The lowest BCUT2D eigenvalue weighted by Crippen LogP contribution is -2.26. The quantitative estimate of drug-likeness (QED) is 0.923. The van der Waals surface area contributed by atoms with E-state index in [-0.39, 0.29) is 16.3 Å². The third-order valence-electron chi connectivity index (χ3n) is 3.32. The molecule has 0 fully saturated rings. The van der Waals surface area contributed by atoms with Gasteiger partial charge in [0.1, 0.15) is 17.2 Å². The van der Waals surface area contributed by atoms with Crippen LogP contribution in [0.3, 0.4) is 0 Å². The molecule has 0 spiro atoms. The van der Waals surface area contributed by atoms with Crippen LogP contribution in [0.15, 0.2) is 18.2 Å². The number of aromatic nitrogens is 1. The van der Waals surface area contributed by atoms with E-state index in [9.17, 15) is 8.78 Å². The molecule has 0 saturated heterocycles. The fourth-order valence-corrected chi connectivity index (χ4v) is 2.18. The second-order valence-corrected chi connectivity index (χ2v) is 5.73. The first kappa shape index (κ1) is 13.9. The summed E-state index contributed by atoms with van der Waals surface area (Å²) in [5.41, 5.74) is 7.12. The molecule has 0 amide bonds. The molecule has 0 atom stereocenters. The predicted molar refractivity (Wildman–Crippen MR) is 72.9 cm³/mol. The minimum Gasteiger partial charge on any atom is -0.330 e. The van der Waals surface area contributed by atoms with Crippen LogP contribution in [0.25, 0.3) is 10.9 Å². The van der Waals surface area contributed by atoms with E-state index in [1.807, 2.05) is 19.9 Å². The van der Waals surface area contributed by atoms with Crippen molar-refractivity contribution >= 4 is 10.9 Å². The second-order valence-electron chi connectivity index (χ2n) is 5.73.